The fourth-order valence-corrected chi connectivity index (χ4v) is 2.35. The van der Waals surface area contributed by atoms with Gasteiger partial charge in [0.2, 0.25) is 0 Å². The Morgan fingerprint density at radius 3 is 2.53 bits per heavy atom. The number of nitrogens with one attached hydrogen (secondary N) is 1. The van der Waals surface area contributed by atoms with Crippen LogP contribution in [0.5, 0.6) is 0 Å². The first-order chi connectivity index (χ1) is 7.82. The SMILES string of the molecule is Cn1c(=O)[nH]c(=O)c2cccc(S(=O)(=O)O)c21. The van der Waals surface area contributed by atoms with Gasteiger partial charge in [-0.15, -0.1) is 0 Å². The maximum atomic E-state index is 11.5. The summed E-state index contributed by atoms with van der Waals surface area (Å²) in [6.45, 7) is 0. The molecule has 0 aliphatic carbocycles. The second-order valence-corrected chi connectivity index (χ2v) is 4.84. The third kappa shape index (κ3) is 1.77. The number of para-hydroxylation sites is 1. The van der Waals surface area contributed by atoms with Crippen molar-refractivity contribution in [2.75, 3.05) is 0 Å². The predicted molar refractivity (Wildman–Crippen MR) is 59.6 cm³/mol. The molecular weight excluding hydrogens is 248 g/mol. The van der Waals surface area contributed by atoms with E-state index in [1.807, 2.05) is 4.98 Å². The molecule has 0 amide bonds. The minimum absolute atomic E-state index is 0.0159. The van der Waals surface area contributed by atoms with Crippen molar-refractivity contribution in [1.82, 2.24) is 9.55 Å². The second-order valence-electron chi connectivity index (χ2n) is 3.45. The first-order valence-electron chi connectivity index (χ1n) is 4.52. The van der Waals surface area contributed by atoms with Crippen molar-refractivity contribution in [1.29, 1.82) is 0 Å². The standard InChI is InChI=1S/C9H8N2O5S/c1-11-7-5(8(12)10-9(11)13)3-2-4-6(7)17(14,15)16/h2-4H,1H3,(H,10,12,13)(H,14,15,16). The molecule has 8 heteroatoms. The fourth-order valence-electron chi connectivity index (χ4n) is 1.61. The van der Waals surface area contributed by atoms with Gasteiger partial charge in [-0.25, -0.2) is 4.79 Å². The summed E-state index contributed by atoms with van der Waals surface area (Å²) in [5.74, 6) is 0. The molecule has 2 aromatic rings. The van der Waals surface area contributed by atoms with E-state index in [9.17, 15) is 18.0 Å². The maximum absolute atomic E-state index is 11.5. The Kier molecular flexibility index (Phi) is 2.40. The minimum atomic E-state index is -4.50. The van der Waals surface area contributed by atoms with Gasteiger partial charge in [0.15, 0.2) is 0 Å². The van der Waals surface area contributed by atoms with Gasteiger partial charge in [0.25, 0.3) is 15.7 Å². The second kappa shape index (κ2) is 3.54. The largest absolute Gasteiger partial charge is 0.328 e. The zero-order valence-corrected chi connectivity index (χ0v) is 9.48. The van der Waals surface area contributed by atoms with Gasteiger partial charge in [-0.2, -0.15) is 8.42 Å². The number of hydrogen-bond donors (Lipinski definition) is 2. The predicted octanol–water partition coefficient (Wildman–Crippen LogP) is -0.527. The highest BCUT2D eigenvalue weighted by Gasteiger charge is 2.17. The van der Waals surface area contributed by atoms with Crippen LogP contribution in [0.1, 0.15) is 0 Å². The maximum Gasteiger partial charge on any atom is 0.328 e. The van der Waals surface area contributed by atoms with Crippen LogP contribution in [0.2, 0.25) is 0 Å². The molecule has 0 unspecified atom stereocenters. The van der Waals surface area contributed by atoms with Crippen LogP contribution in [0.4, 0.5) is 0 Å². The van der Waals surface area contributed by atoms with Crippen LogP contribution in [0, 0.1) is 0 Å². The normalized spacial score (nSPS) is 11.9. The van der Waals surface area contributed by atoms with Crippen molar-refractivity contribution >= 4 is 21.0 Å². The molecule has 7 nitrogen and oxygen atoms in total. The molecule has 0 fully saturated rings. The molecule has 2 rings (SSSR count). The summed E-state index contributed by atoms with van der Waals surface area (Å²) in [6, 6.07) is 3.80. The van der Waals surface area contributed by atoms with Crippen LogP contribution >= 0.6 is 0 Å². The number of aromatic amines is 1. The molecule has 90 valence electrons. The van der Waals surface area contributed by atoms with E-state index >= 15 is 0 Å². The molecule has 0 spiro atoms. The van der Waals surface area contributed by atoms with E-state index in [-0.39, 0.29) is 10.9 Å². The van der Waals surface area contributed by atoms with E-state index in [4.69, 9.17) is 4.55 Å². The van der Waals surface area contributed by atoms with Crippen LogP contribution in [0.25, 0.3) is 10.9 Å². The molecule has 1 aromatic carbocycles. The zero-order valence-electron chi connectivity index (χ0n) is 8.67. The van der Waals surface area contributed by atoms with Gasteiger partial charge >= 0.3 is 5.69 Å². The highest BCUT2D eigenvalue weighted by atomic mass is 32.2. The van der Waals surface area contributed by atoms with Crippen LogP contribution in [0.15, 0.2) is 32.7 Å². The van der Waals surface area contributed by atoms with Crippen LogP contribution in [-0.4, -0.2) is 22.5 Å². The summed E-state index contributed by atoms with van der Waals surface area (Å²) in [5.41, 5.74) is -1.57. The van der Waals surface area contributed by atoms with E-state index in [2.05, 4.69) is 0 Å². The smallest absolute Gasteiger partial charge is 0.295 e. The summed E-state index contributed by atoms with van der Waals surface area (Å²) in [6.07, 6.45) is 0. The fraction of sp³-hybridized carbons (Fsp3) is 0.111. The Labute approximate surface area is 95.1 Å². The molecule has 2 N–H and O–H groups in total. The molecule has 0 saturated heterocycles. The van der Waals surface area contributed by atoms with E-state index in [1.165, 1.54) is 19.2 Å². The lowest BCUT2D eigenvalue weighted by Gasteiger charge is -2.06. The number of hydrogen-bond acceptors (Lipinski definition) is 4. The average molecular weight is 256 g/mol. The quantitative estimate of drug-likeness (QED) is 0.667. The number of aromatic nitrogens is 2. The lowest BCUT2D eigenvalue weighted by atomic mass is 10.2. The highest BCUT2D eigenvalue weighted by molar-refractivity contribution is 7.86. The molecule has 1 aromatic heterocycles. The third-order valence-electron chi connectivity index (χ3n) is 2.38. The number of nitrogens with zero attached hydrogens (tertiary/aromatic N) is 1. The lowest BCUT2D eigenvalue weighted by molar-refractivity contribution is 0.483. The van der Waals surface area contributed by atoms with Gasteiger partial charge < -0.3 is 0 Å². The topological polar surface area (TPSA) is 109 Å². The van der Waals surface area contributed by atoms with Gasteiger partial charge in [-0.1, -0.05) is 6.07 Å². The number of benzene rings is 1. The van der Waals surface area contributed by atoms with E-state index < -0.39 is 26.3 Å². The summed E-state index contributed by atoms with van der Waals surface area (Å²) >= 11 is 0. The third-order valence-corrected chi connectivity index (χ3v) is 3.27. The minimum Gasteiger partial charge on any atom is -0.295 e. The Morgan fingerprint density at radius 1 is 1.29 bits per heavy atom. The zero-order chi connectivity index (χ0) is 12.8. The molecule has 0 saturated carbocycles. The van der Waals surface area contributed by atoms with Crippen molar-refractivity contribution in [3.05, 3.63) is 39.0 Å². The van der Waals surface area contributed by atoms with Gasteiger partial charge in [0, 0.05) is 7.05 Å². The van der Waals surface area contributed by atoms with E-state index in [0.29, 0.717) is 0 Å². The van der Waals surface area contributed by atoms with Gasteiger partial charge in [-0.3, -0.25) is 18.9 Å². The molecule has 0 aliphatic heterocycles. The molecule has 0 radical (unpaired) electrons. The van der Waals surface area contributed by atoms with Crippen LogP contribution < -0.4 is 11.2 Å². The van der Waals surface area contributed by atoms with E-state index in [1.54, 1.807) is 0 Å². The number of H-pyrrole nitrogens is 1. The molecule has 17 heavy (non-hydrogen) atoms. The lowest BCUT2D eigenvalue weighted by Crippen LogP contribution is -2.29. The van der Waals surface area contributed by atoms with Gasteiger partial charge in [0.05, 0.1) is 10.9 Å². The van der Waals surface area contributed by atoms with Crippen LogP contribution in [-0.2, 0) is 17.2 Å². The Morgan fingerprint density at radius 2 is 1.94 bits per heavy atom. The molecule has 0 bridgehead atoms. The molecule has 0 atom stereocenters. The Bertz CT molecular complexity index is 815. The number of fused-ring (bicyclic) bond motifs is 1. The molecule has 0 aliphatic rings. The Balaban J connectivity index is 3.20. The van der Waals surface area contributed by atoms with Crippen molar-refractivity contribution in [2.45, 2.75) is 4.90 Å². The highest BCUT2D eigenvalue weighted by Crippen LogP contribution is 2.18. The van der Waals surface area contributed by atoms with Gasteiger partial charge in [-0.05, 0) is 12.1 Å². The summed E-state index contributed by atoms with van der Waals surface area (Å²) < 4.78 is 32.3. The van der Waals surface area contributed by atoms with Crippen molar-refractivity contribution < 1.29 is 13.0 Å². The summed E-state index contributed by atoms with van der Waals surface area (Å²) in [7, 11) is -3.20. The Hall–Kier alpha value is -1.93. The van der Waals surface area contributed by atoms with Crippen molar-refractivity contribution in [2.24, 2.45) is 7.05 Å². The summed E-state index contributed by atoms with van der Waals surface area (Å²) in [5, 5.41) is 0.0159. The monoisotopic (exact) mass is 256 g/mol. The first-order valence-corrected chi connectivity index (χ1v) is 5.96. The van der Waals surface area contributed by atoms with E-state index in [0.717, 1.165) is 10.6 Å². The van der Waals surface area contributed by atoms with Crippen molar-refractivity contribution in [3.63, 3.8) is 0 Å². The first kappa shape index (κ1) is 11.6. The molecular formula is C9H8N2O5S. The average Bonchev–Trinajstić information content (AvgIpc) is 2.24. The van der Waals surface area contributed by atoms with Crippen molar-refractivity contribution in [3.8, 4) is 0 Å². The molecule has 1 heterocycles. The van der Waals surface area contributed by atoms with Gasteiger partial charge in [0.1, 0.15) is 4.90 Å². The van der Waals surface area contributed by atoms with Crippen LogP contribution in [0.3, 0.4) is 0 Å². The number of aryl methyl sites for hydroxylation is 1. The number of rotatable bonds is 1. The summed E-state index contributed by atoms with van der Waals surface area (Å²) in [4.78, 5) is 24.4.